The molecule has 0 radical (unpaired) electrons. The molecule has 1 aromatic carbocycles. The van der Waals surface area contributed by atoms with Crippen LogP contribution in [0.4, 0.5) is 0 Å². The number of hydrogen-bond acceptors (Lipinski definition) is 5. The molecule has 7 nitrogen and oxygen atoms in total. The highest BCUT2D eigenvalue weighted by molar-refractivity contribution is 7.99. The molecule has 144 valence electrons. The Morgan fingerprint density at radius 1 is 1.26 bits per heavy atom. The fourth-order valence-electron chi connectivity index (χ4n) is 3.34. The first-order valence-corrected chi connectivity index (χ1v) is 10.2. The van der Waals surface area contributed by atoms with Gasteiger partial charge in [0.2, 0.25) is 11.8 Å². The molecular formula is C19H25N5O2S. The Balaban J connectivity index is 1.71. The lowest BCUT2D eigenvalue weighted by Gasteiger charge is -2.22. The summed E-state index contributed by atoms with van der Waals surface area (Å²) in [6, 6.07) is 8.09. The van der Waals surface area contributed by atoms with Crippen LogP contribution in [0.15, 0.2) is 29.4 Å². The fourth-order valence-corrected chi connectivity index (χ4v) is 4.09. The number of nitrogens with zero attached hydrogens (tertiary/aromatic N) is 3. The standard InChI is InChI=1S/C19H25N5O2S/c1-13-6-5-7-14(10-13)18-22-23-19(24(18)11-16(20)25)27-12-17(26)21-15-8-3-2-4-9-15/h5-7,10,15H,2-4,8-9,11-12H2,1H3,(H2,20,25)(H,21,26). The highest BCUT2D eigenvalue weighted by atomic mass is 32.2. The summed E-state index contributed by atoms with van der Waals surface area (Å²) in [7, 11) is 0. The van der Waals surface area contributed by atoms with Crippen molar-refractivity contribution in [1.29, 1.82) is 0 Å². The number of aryl methyl sites for hydroxylation is 1. The van der Waals surface area contributed by atoms with Gasteiger partial charge in [0, 0.05) is 11.6 Å². The van der Waals surface area contributed by atoms with Crippen molar-refractivity contribution >= 4 is 23.6 Å². The fraction of sp³-hybridized carbons (Fsp3) is 0.474. The Hall–Kier alpha value is -2.35. The largest absolute Gasteiger partial charge is 0.368 e. The number of primary amides is 1. The number of rotatable bonds is 7. The third-order valence-corrected chi connectivity index (χ3v) is 5.58. The Kier molecular flexibility index (Phi) is 6.49. The molecule has 1 fully saturated rings. The van der Waals surface area contributed by atoms with Crippen LogP contribution in [0.1, 0.15) is 37.7 Å². The van der Waals surface area contributed by atoms with E-state index in [0.717, 1.165) is 24.0 Å². The van der Waals surface area contributed by atoms with Gasteiger partial charge in [0.05, 0.1) is 5.75 Å². The predicted molar refractivity (Wildman–Crippen MR) is 105 cm³/mol. The average Bonchev–Trinajstić information content (AvgIpc) is 3.03. The summed E-state index contributed by atoms with van der Waals surface area (Å²) >= 11 is 1.27. The second-order valence-electron chi connectivity index (χ2n) is 6.92. The monoisotopic (exact) mass is 387 g/mol. The highest BCUT2D eigenvalue weighted by Crippen LogP contribution is 2.25. The normalized spacial score (nSPS) is 14.9. The number of nitrogens with one attached hydrogen (secondary N) is 1. The molecule has 2 aromatic rings. The minimum atomic E-state index is -0.475. The number of benzene rings is 1. The number of carbonyl (C=O) groups is 2. The summed E-state index contributed by atoms with van der Waals surface area (Å²) in [5.41, 5.74) is 7.35. The van der Waals surface area contributed by atoms with Crippen LogP contribution in [-0.4, -0.2) is 38.4 Å². The summed E-state index contributed by atoms with van der Waals surface area (Å²) in [5, 5.41) is 12.0. The van der Waals surface area contributed by atoms with Crippen LogP contribution in [0, 0.1) is 6.92 Å². The molecule has 1 aliphatic carbocycles. The van der Waals surface area contributed by atoms with E-state index in [1.54, 1.807) is 4.57 Å². The summed E-state index contributed by atoms with van der Waals surface area (Å²) in [5.74, 6) is 0.323. The van der Waals surface area contributed by atoms with E-state index < -0.39 is 5.91 Å². The molecule has 1 aliphatic rings. The van der Waals surface area contributed by atoms with Gasteiger partial charge in [0.15, 0.2) is 11.0 Å². The molecule has 0 saturated heterocycles. The molecule has 1 heterocycles. The number of thioether (sulfide) groups is 1. The smallest absolute Gasteiger partial charge is 0.237 e. The summed E-state index contributed by atoms with van der Waals surface area (Å²) in [4.78, 5) is 23.8. The van der Waals surface area contributed by atoms with Crippen molar-refractivity contribution < 1.29 is 9.59 Å². The second kappa shape index (κ2) is 9.03. The lowest BCUT2D eigenvalue weighted by Crippen LogP contribution is -2.37. The van der Waals surface area contributed by atoms with E-state index in [1.165, 1.54) is 31.0 Å². The Bertz CT molecular complexity index is 814. The molecule has 0 bridgehead atoms. The maximum Gasteiger partial charge on any atom is 0.237 e. The van der Waals surface area contributed by atoms with Gasteiger partial charge in [-0.15, -0.1) is 10.2 Å². The van der Waals surface area contributed by atoms with Gasteiger partial charge in [-0.1, -0.05) is 54.8 Å². The SMILES string of the molecule is Cc1cccc(-c2nnc(SCC(=O)NC3CCCCC3)n2CC(N)=O)c1. The maximum absolute atomic E-state index is 12.3. The molecule has 3 rings (SSSR count). The predicted octanol–water partition coefficient (Wildman–Crippen LogP) is 2.28. The molecule has 1 saturated carbocycles. The minimum absolute atomic E-state index is 0.0161. The maximum atomic E-state index is 12.3. The van der Waals surface area contributed by atoms with Crippen molar-refractivity contribution in [2.24, 2.45) is 5.73 Å². The van der Waals surface area contributed by atoms with Crippen LogP contribution < -0.4 is 11.1 Å². The molecule has 27 heavy (non-hydrogen) atoms. The molecule has 3 N–H and O–H groups in total. The number of aromatic nitrogens is 3. The van der Waals surface area contributed by atoms with E-state index in [2.05, 4.69) is 15.5 Å². The summed E-state index contributed by atoms with van der Waals surface area (Å²) in [6.45, 7) is 1.96. The van der Waals surface area contributed by atoms with E-state index in [-0.39, 0.29) is 24.2 Å². The van der Waals surface area contributed by atoms with Crippen LogP contribution in [0.3, 0.4) is 0 Å². The van der Waals surface area contributed by atoms with E-state index in [4.69, 9.17) is 5.73 Å². The van der Waals surface area contributed by atoms with Crippen LogP contribution >= 0.6 is 11.8 Å². The van der Waals surface area contributed by atoms with E-state index in [0.29, 0.717) is 11.0 Å². The average molecular weight is 388 g/mol. The topological polar surface area (TPSA) is 103 Å². The molecular weight excluding hydrogens is 362 g/mol. The Labute approximate surface area is 163 Å². The van der Waals surface area contributed by atoms with Gasteiger partial charge in [-0.25, -0.2) is 0 Å². The van der Waals surface area contributed by atoms with Crippen molar-refractivity contribution in [3.05, 3.63) is 29.8 Å². The first-order chi connectivity index (χ1) is 13.0. The van der Waals surface area contributed by atoms with E-state index in [9.17, 15) is 9.59 Å². The van der Waals surface area contributed by atoms with Gasteiger partial charge in [-0.2, -0.15) is 0 Å². The quantitative estimate of drug-likeness (QED) is 0.710. The third kappa shape index (κ3) is 5.32. The molecule has 0 unspecified atom stereocenters. The lowest BCUT2D eigenvalue weighted by atomic mass is 9.95. The summed E-state index contributed by atoms with van der Waals surface area (Å²) in [6.07, 6.45) is 5.69. The van der Waals surface area contributed by atoms with Crippen LogP contribution in [0.5, 0.6) is 0 Å². The van der Waals surface area contributed by atoms with Crippen LogP contribution in [0.25, 0.3) is 11.4 Å². The van der Waals surface area contributed by atoms with E-state index >= 15 is 0 Å². The summed E-state index contributed by atoms with van der Waals surface area (Å²) < 4.78 is 1.68. The van der Waals surface area contributed by atoms with Gasteiger partial charge in [-0.3, -0.25) is 14.2 Å². The van der Waals surface area contributed by atoms with Crippen molar-refractivity contribution in [3.8, 4) is 11.4 Å². The van der Waals surface area contributed by atoms with Crippen molar-refractivity contribution in [1.82, 2.24) is 20.1 Å². The highest BCUT2D eigenvalue weighted by Gasteiger charge is 2.19. The third-order valence-electron chi connectivity index (χ3n) is 4.61. The Morgan fingerprint density at radius 2 is 2.04 bits per heavy atom. The molecule has 0 spiro atoms. The Morgan fingerprint density at radius 3 is 2.74 bits per heavy atom. The zero-order valence-corrected chi connectivity index (χ0v) is 16.3. The van der Waals surface area contributed by atoms with Crippen LogP contribution in [0.2, 0.25) is 0 Å². The number of nitrogens with two attached hydrogens (primary N) is 1. The van der Waals surface area contributed by atoms with Gasteiger partial charge in [0.25, 0.3) is 0 Å². The lowest BCUT2D eigenvalue weighted by molar-refractivity contribution is -0.119. The number of amides is 2. The first kappa shape index (κ1) is 19.4. The van der Waals surface area contributed by atoms with Crippen molar-refractivity contribution in [2.75, 3.05) is 5.75 Å². The molecule has 0 atom stereocenters. The van der Waals surface area contributed by atoms with Gasteiger partial charge >= 0.3 is 0 Å². The molecule has 1 aromatic heterocycles. The number of hydrogen-bond donors (Lipinski definition) is 2. The number of carbonyl (C=O) groups excluding carboxylic acids is 2. The van der Waals surface area contributed by atoms with Crippen molar-refractivity contribution in [2.45, 2.75) is 56.8 Å². The van der Waals surface area contributed by atoms with Crippen molar-refractivity contribution in [3.63, 3.8) is 0 Å². The molecule has 2 amide bonds. The van der Waals surface area contributed by atoms with Gasteiger partial charge in [0.1, 0.15) is 6.54 Å². The van der Waals surface area contributed by atoms with E-state index in [1.807, 2.05) is 31.2 Å². The van der Waals surface area contributed by atoms with Gasteiger partial charge < -0.3 is 11.1 Å². The first-order valence-electron chi connectivity index (χ1n) is 9.23. The zero-order valence-electron chi connectivity index (χ0n) is 15.5. The molecule has 0 aliphatic heterocycles. The van der Waals surface area contributed by atoms with Gasteiger partial charge in [-0.05, 0) is 25.8 Å². The minimum Gasteiger partial charge on any atom is -0.368 e. The molecule has 8 heteroatoms. The second-order valence-corrected chi connectivity index (χ2v) is 7.86. The van der Waals surface area contributed by atoms with Crippen LogP contribution in [-0.2, 0) is 16.1 Å². The zero-order chi connectivity index (χ0) is 19.2.